The lowest BCUT2D eigenvalue weighted by atomic mass is 9.96. The second kappa shape index (κ2) is 7.75. The molecule has 4 rings (SSSR count). The number of fused-ring (bicyclic) bond motifs is 2. The summed E-state index contributed by atoms with van der Waals surface area (Å²) in [4.78, 5) is 16.5. The fourth-order valence-electron chi connectivity index (χ4n) is 4.31. The first kappa shape index (κ1) is 21.5. The van der Waals surface area contributed by atoms with Gasteiger partial charge in [0.05, 0.1) is 11.6 Å². The van der Waals surface area contributed by atoms with Crippen LogP contribution in [0, 0.1) is 17.2 Å². The summed E-state index contributed by atoms with van der Waals surface area (Å²) in [5.74, 6) is -1.18. The summed E-state index contributed by atoms with van der Waals surface area (Å²) in [5.41, 5.74) is 5.69. The lowest BCUT2D eigenvalue weighted by Gasteiger charge is -2.29. The van der Waals surface area contributed by atoms with Crippen LogP contribution in [0.25, 0.3) is 5.52 Å². The van der Waals surface area contributed by atoms with Crippen LogP contribution in [-0.4, -0.2) is 50.8 Å². The van der Waals surface area contributed by atoms with Crippen molar-refractivity contribution in [1.29, 1.82) is 5.26 Å². The van der Waals surface area contributed by atoms with Gasteiger partial charge < -0.3 is 24.7 Å². The molecule has 166 valence electrons. The normalized spacial score (nSPS) is 29.2. The van der Waals surface area contributed by atoms with E-state index in [-0.39, 0.29) is 18.5 Å². The molecule has 10 heteroatoms. The Morgan fingerprint density at radius 2 is 2.06 bits per heavy atom. The Hall–Kier alpha value is -2.74. The van der Waals surface area contributed by atoms with Gasteiger partial charge in [-0.2, -0.15) is 10.4 Å². The molecule has 0 aromatic carbocycles. The first-order valence-electron chi connectivity index (χ1n) is 10.4. The number of ether oxygens (including phenoxy) is 4. The van der Waals surface area contributed by atoms with Crippen LogP contribution < -0.4 is 5.73 Å². The maximum atomic E-state index is 12.5. The van der Waals surface area contributed by atoms with E-state index in [1.807, 2.05) is 13.8 Å². The highest BCUT2D eigenvalue weighted by Gasteiger charge is 2.65. The number of esters is 1. The van der Waals surface area contributed by atoms with Gasteiger partial charge in [0.2, 0.25) is 5.60 Å². The number of nitriles is 1. The average molecular weight is 429 g/mol. The number of carbonyl (C=O) groups is 1. The molecule has 4 heterocycles. The summed E-state index contributed by atoms with van der Waals surface area (Å²) in [6.45, 7) is 7.15. The molecule has 10 nitrogen and oxygen atoms in total. The summed E-state index contributed by atoms with van der Waals surface area (Å²) in [5, 5.41) is 14.4. The van der Waals surface area contributed by atoms with Gasteiger partial charge in [0.15, 0.2) is 11.6 Å². The summed E-state index contributed by atoms with van der Waals surface area (Å²) in [7, 11) is 0. The average Bonchev–Trinajstić information content (AvgIpc) is 3.38. The molecule has 0 radical (unpaired) electrons. The standard InChI is InChI=1S/C21H27N5O5/c1-5-12(6-2)19(27)28-10-21(9-22)17-16(29-20(3,4)31-17)15(30-21)13-7-8-14-18(23)24-11-25-26(13)14/h7-8,11-12,15-17H,5-6,10H2,1-4H3,(H2,23,24,25)/t15-,16-,17-,21+/m0/s1. The van der Waals surface area contributed by atoms with Crippen LogP contribution >= 0.6 is 0 Å². The number of hydrogen-bond donors (Lipinski definition) is 1. The molecule has 0 bridgehead atoms. The Balaban J connectivity index is 1.68. The second-order valence-corrected chi connectivity index (χ2v) is 8.38. The van der Waals surface area contributed by atoms with E-state index in [0.29, 0.717) is 29.9 Å². The molecule has 2 N–H and O–H groups in total. The smallest absolute Gasteiger partial charge is 0.309 e. The van der Waals surface area contributed by atoms with Crippen molar-refractivity contribution in [3.8, 4) is 6.07 Å². The maximum absolute atomic E-state index is 12.5. The topological polar surface area (TPSA) is 134 Å². The van der Waals surface area contributed by atoms with Crippen LogP contribution in [0.3, 0.4) is 0 Å². The quantitative estimate of drug-likeness (QED) is 0.685. The van der Waals surface area contributed by atoms with E-state index < -0.39 is 29.7 Å². The van der Waals surface area contributed by atoms with Crippen LogP contribution in [0.4, 0.5) is 5.82 Å². The molecule has 0 amide bonds. The molecule has 2 saturated heterocycles. The van der Waals surface area contributed by atoms with Gasteiger partial charge in [-0.25, -0.2) is 9.50 Å². The molecule has 2 aliphatic heterocycles. The number of nitrogens with zero attached hydrogens (tertiary/aromatic N) is 4. The Bertz CT molecular complexity index is 1030. The van der Waals surface area contributed by atoms with Crippen molar-refractivity contribution < 1.29 is 23.7 Å². The molecule has 0 unspecified atom stereocenters. The summed E-state index contributed by atoms with van der Waals surface area (Å²) in [6.07, 6.45) is 0.633. The van der Waals surface area contributed by atoms with Gasteiger partial charge in [0.1, 0.15) is 42.8 Å². The predicted octanol–water partition coefficient (Wildman–Crippen LogP) is 2.14. The molecule has 31 heavy (non-hydrogen) atoms. The van der Waals surface area contributed by atoms with Crippen molar-refractivity contribution in [2.24, 2.45) is 5.92 Å². The lowest BCUT2D eigenvalue weighted by molar-refractivity contribution is -0.208. The number of nitrogen functional groups attached to an aromatic ring is 1. The fourth-order valence-corrected chi connectivity index (χ4v) is 4.31. The predicted molar refractivity (Wildman–Crippen MR) is 108 cm³/mol. The molecule has 2 aromatic heterocycles. The van der Waals surface area contributed by atoms with Gasteiger partial charge in [-0.05, 0) is 38.8 Å². The van der Waals surface area contributed by atoms with Gasteiger partial charge in [0.25, 0.3) is 0 Å². The van der Waals surface area contributed by atoms with Crippen LogP contribution in [0.1, 0.15) is 52.3 Å². The SMILES string of the molecule is CCC(CC)C(=O)OC[C@@]1(C#N)O[C@@H](c2ccc3c(N)ncnn23)[C@@H]2OC(C)(C)O[C@@H]21. The van der Waals surface area contributed by atoms with Gasteiger partial charge >= 0.3 is 5.97 Å². The molecular formula is C21H27N5O5. The number of rotatable bonds is 6. The third-order valence-corrected chi connectivity index (χ3v) is 5.96. The van der Waals surface area contributed by atoms with E-state index in [1.54, 1.807) is 30.5 Å². The first-order valence-corrected chi connectivity index (χ1v) is 10.4. The van der Waals surface area contributed by atoms with Crippen LogP contribution in [-0.2, 0) is 23.7 Å². The van der Waals surface area contributed by atoms with Gasteiger partial charge in [-0.15, -0.1) is 0 Å². The van der Waals surface area contributed by atoms with Crippen molar-refractivity contribution in [2.75, 3.05) is 12.3 Å². The summed E-state index contributed by atoms with van der Waals surface area (Å²) < 4.78 is 25.6. The molecule has 2 aliphatic rings. The minimum atomic E-state index is -1.52. The second-order valence-electron chi connectivity index (χ2n) is 8.38. The zero-order valence-corrected chi connectivity index (χ0v) is 18.1. The highest BCUT2D eigenvalue weighted by Crippen LogP contribution is 2.50. The van der Waals surface area contributed by atoms with E-state index in [9.17, 15) is 10.1 Å². The van der Waals surface area contributed by atoms with Crippen molar-refractivity contribution >= 4 is 17.3 Å². The lowest BCUT2D eigenvalue weighted by Crippen LogP contribution is -2.46. The van der Waals surface area contributed by atoms with Crippen LogP contribution in [0.15, 0.2) is 18.5 Å². The minimum absolute atomic E-state index is 0.227. The van der Waals surface area contributed by atoms with Crippen molar-refractivity contribution in [3.63, 3.8) is 0 Å². The van der Waals surface area contributed by atoms with Crippen molar-refractivity contribution in [1.82, 2.24) is 14.6 Å². The third-order valence-electron chi connectivity index (χ3n) is 5.96. The first-order chi connectivity index (χ1) is 14.7. The van der Waals surface area contributed by atoms with E-state index in [2.05, 4.69) is 16.2 Å². The minimum Gasteiger partial charge on any atom is -0.461 e. The molecular weight excluding hydrogens is 402 g/mol. The van der Waals surface area contributed by atoms with Crippen LogP contribution in [0.5, 0.6) is 0 Å². The highest BCUT2D eigenvalue weighted by atomic mass is 16.8. The number of carbonyl (C=O) groups excluding carboxylic acids is 1. The summed E-state index contributed by atoms with van der Waals surface area (Å²) >= 11 is 0. The zero-order chi connectivity index (χ0) is 22.4. The van der Waals surface area contributed by atoms with Gasteiger partial charge in [0, 0.05) is 0 Å². The molecule has 0 aliphatic carbocycles. The van der Waals surface area contributed by atoms with E-state index in [1.165, 1.54) is 6.33 Å². The molecule has 0 saturated carbocycles. The molecule has 2 aromatic rings. The largest absolute Gasteiger partial charge is 0.461 e. The third kappa shape index (κ3) is 3.52. The van der Waals surface area contributed by atoms with Gasteiger partial charge in [-0.1, -0.05) is 13.8 Å². The highest BCUT2D eigenvalue weighted by molar-refractivity contribution is 5.72. The Labute approximate surface area is 180 Å². The fraction of sp³-hybridized carbons (Fsp3) is 0.619. The molecule has 2 fully saturated rings. The number of aromatic nitrogens is 3. The van der Waals surface area contributed by atoms with E-state index >= 15 is 0 Å². The van der Waals surface area contributed by atoms with Crippen molar-refractivity contribution in [2.45, 2.75) is 70.2 Å². The monoisotopic (exact) mass is 429 g/mol. The summed E-state index contributed by atoms with van der Waals surface area (Å²) in [6, 6.07) is 5.78. The van der Waals surface area contributed by atoms with Crippen molar-refractivity contribution in [3.05, 3.63) is 24.2 Å². The molecule has 4 atom stereocenters. The van der Waals surface area contributed by atoms with E-state index in [0.717, 1.165) is 0 Å². The van der Waals surface area contributed by atoms with Gasteiger partial charge in [-0.3, -0.25) is 4.79 Å². The maximum Gasteiger partial charge on any atom is 0.309 e. The number of nitrogens with two attached hydrogens (primary N) is 1. The Kier molecular flexibility index (Phi) is 5.37. The molecule has 0 spiro atoms. The van der Waals surface area contributed by atoms with Crippen LogP contribution in [0.2, 0.25) is 0 Å². The number of hydrogen-bond acceptors (Lipinski definition) is 9. The Morgan fingerprint density at radius 3 is 2.74 bits per heavy atom. The Morgan fingerprint density at radius 1 is 1.32 bits per heavy atom. The van der Waals surface area contributed by atoms with E-state index in [4.69, 9.17) is 24.7 Å². The number of anilines is 1. The zero-order valence-electron chi connectivity index (χ0n) is 18.1.